The summed E-state index contributed by atoms with van der Waals surface area (Å²) in [6.07, 6.45) is -0.682. The van der Waals surface area contributed by atoms with Gasteiger partial charge in [0, 0.05) is 38.3 Å². The smallest absolute Gasteiger partial charge is 0.381 e. The SMILES string of the molecule is CCNC(=NCC1(c2cccc(C(F)(F)F)c2)CCOCC1)N1CCCC1.I. The Morgan fingerprint density at radius 2 is 1.89 bits per heavy atom. The molecular weight excluding hydrogens is 482 g/mol. The van der Waals surface area contributed by atoms with Gasteiger partial charge in [0.05, 0.1) is 12.1 Å². The molecule has 0 aliphatic carbocycles. The van der Waals surface area contributed by atoms with Gasteiger partial charge in [-0.2, -0.15) is 13.2 Å². The van der Waals surface area contributed by atoms with E-state index in [0.717, 1.165) is 44.5 Å². The summed E-state index contributed by atoms with van der Waals surface area (Å²) in [6, 6.07) is 5.74. The van der Waals surface area contributed by atoms with Crippen LogP contribution in [0.25, 0.3) is 0 Å². The van der Waals surface area contributed by atoms with Crippen LogP contribution in [0, 0.1) is 0 Å². The highest BCUT2D eigenvalue weighted by molar-refractivity contribution is 14.0. The van der Waals surface area contributed by atoms with E-state index in [1.165, 1.54) is 12.1 Å². The lowest BCUT2D eigenvalue weighted by atomic mass is 9.74. The molecule has 0 saturated carbocycles. The molecule has 3 rings (SSSR count). The number of halogens is 4. The molecule has 0 aromatic heterocycles. The minimum absolute atomic E-state index is 0. The highest BCUT2D eigenvalue weighted by Crippen LogP contribution is 2.38. The largest absolute Gasteiger partial charge is 0.416 e. The van der Waals surface area contributed by atoms with Crippen molar-refractivity contribution in [1.82, 2.24) is 10.2 Å². The third-order valence-corrected chi connectivity index (χ3v) is 5.52. The fourth-order valence-corrected chi connectivity index (χ4v) is 3.91. The zero-order chi connectivity index (χ0) is 19.3. The van der Waals surface area contributed by atoms with Crippen molar-refractivity contribution >= 4 is 29.9 Å². The molecule has 28 heavy (non-hydrogen) atoms. The predicted molar refractivity (Wildman–Crippen MR) is 115 cm³/mol. The van der Waals surface area contributed by atoms with Crippen molar-refractivity contribution in [2.45, 2.75) is 44.2 Å². The van der Waals surface area contributed by atoms with Crippen LogP contribution >= 0.6 is 24.0 Å². The van der Waals surface area contributed by atoms with E-state index in [1.54, 1.807) is 6.07 Å². The standard InChI is InChI=1S/C20H28F3N3O.HI/c1-2-24-18(26-10-3-4-11-26)25-15-19(8-12-27-13-9-19)16-6-5-7-17(14-16)20(21,22)23;/h5-7,14H,2-4,8-13,15H2,1H3,(H,24,25);1H. The van der Waals surface area contributed by atoms with E-state index in [2.05, 4.69) is 10.2 Å². The van der Waals surface area contributed by atoms with Crippen molar-refractivity contribution in [2.24, 2.45) is 4.99 Å². The first-order chi connectivity index (χ1) is 12.9. The molecule has 2 fully saturated rings. The van der Waals surface area contributed by atoms with E-state index >= 15 is 0 Å². The number of nitrogens with zero attached hydrogens (tertiary/aromatic N) is 2. The number of guanidine groups is 1. The molecule has 158 valence electrons. The number of aliphatic imine (C=N–C) groups is 1. The van der Waals surface area contributed by atoms with Crippen molar-refractivity contribution in [1.29, 1.82) is 0 Å². The Labute approximate surface area is 181 Å². The number of nitrogens with one attached hydrogen (secondary N) is 1. The van der Waals surface area contributed by atoms with Crippen LogP contribution in [0.2, 0.25) is 0 Å². The number of hydrogen-bond acceptors (Lipinski definition) is 2. The molecule has 2 aliphatic heterocycles. The van der Waals surface area contributed by atoms with Gasteiger partial charge < -0.3 is 15.0 Å². The Balaban J connectivity index is 0.00000280. The Hall–Kier alpha value is -1.03. The van der Waals surface area contributed by atoms with Crippen molar-refractivity contribution < 1.29 is 17.9 Å². The summed E-state index contributed by atoms with van der Waals surface area (Å²) in [4.78, 5) is 7.09. The third kappa shape index (κ3) is 5.52. The summed E-state index contributed by atoms with van der Waals surface area (Å²) >= 11 is 0. The van der Waals surface area contributed by atoms with Crippen LogP contribution in [0.3, 0.4) is 0 Å². The molecule has 0 bridgehead atoms. The summed E-state index contributed by atoms with van der Waals surface area (Å²) in [5.41, 5.74) is -0.303. The molecule has 0 atom stereocenters. The fraction of sp³-hybridized carbons (Fsp3) is 0.650. The summed E-state index contributed by atoms with van der Waals surface area (Å²) < 4.78 is 45.1. The van der Waals surface area contributed by atoms with E-state index in [-0.39, 0.29) is 24.0 Å². The van der Waals surface area contributed by atoms with E-state index in [4.69, 9.17) is 9.73 Å². The summed E-state index contributed by atoms with van der Waals surface area (Å²) in [7, 11) is 0. The molecule has 1 aromatic carbocycles. The third-order valence-electron chi connectivity index (χ3n) is 5.52. The molecule has 0 unspecified atom stereocenters. The van der Waals surface area contributed by atoms with E-state index in [0.29, 0.717) is 38.2 Å². The maximum atomic E-state index is 13.2. The lowest BCUT2D eigenvalue weighted by Crippen LogP contribution is -2.42. The van der Waals surface area contributed by atoms with E-state index in [9.17, 15) is 13.2 Å². The number of alkyl halides is 3. The van der Waals surface area contributed by atoms with Crippen LogP contribution in [-0.2, 0) is 16.3 Å². The number of ether oxygens (including phenoxy) is 1. The van der Waals surface area contributed by atoms with Crippen LogP contribution in [0.5, 0.6) is 0 Å². The first-order valence-electron chi connectivity index (χ1n) is 9.73. The van der Waals surface area contributed by atoms with Gasteiger partial charge in [0.2, 0.25) is 0 Å². The van der Waals surface area contributed by atoms with Crippen LogP contribution < -0.4 is 5.32 Å². The zero-order valence-corrected chi connectivity index (χ0v) is 18.6. The molecule has 8 heteroatoms. The molecule has 2 heterocycles. The second-order valence-corrected chi connectivity index (χ2v) is 7.34. The molecule has 2 saturated heterocycles. The van der Waals surface area contributed by atoms with Gasteiger partial charge in [0.1, 0.15) is 0 Å². The molecule has 0 radical (unpaired) electrons. The molecular formula is C20H29F3IN3O. The first kappa shape index (κ1) is 23.3. The van der Waals surface area contributed by atoms with Crippen LogP contribution in [-0.4, -0.2) is 50.3 Å². The van der Waals surface area contributed by atoms with Crippen molar-refractivity contribution in [3.05, 3.63) is 35.4 Å². The van der Waals surface area contributed by atoms with Gasteiger partial charge in [-0.05, 0) is 44.2 Å². The lowest BCUT2D eigenvalue weighted by molar-refractivity contribution is -0.137. The van der Waals surface area contributed by atoms with Crippen molar-refractivity contribution in [3.63, 3.8) is 0 Å². The molecule has 4 nitrogen and oxygen atoms in total. The quantitative estimate of drug-likeness (QED) is 0.369. The van der Waals surface area contributed by atoms with Gasteiger partial charge in [-0.15, -0.1) is 24.0 Å². The molecule has 1 N–H and O–H groups in total. The second-order valence-electron chi connectivity index (χ2n) is 7.34. The maximum absolute atomic E-state index is 13.2. The summed E-state index contributed by atoms with van der Waals surface area (Å²) in [5.74, 6) is 0.868. The number of hydrogen-bond donors (Lipinski definition) is 1. The van der Waals surface area contributed by atoms with Gasteiger partial charge in [-0.1, -0.05) is 18.2 Å². The van der Waals surface area contributed by atoms with Crippen molar-refractivity contribution in [3.8, 4) is 0 Å². The van der Waals surface area contributed by atoms with Gasteiger partial charge in [0.15, 0.2) is 5.96 Å². The minimum Gasteiger partial charge on any atom is -0.381 e. The molecule has 1 aromatic rings. The Kier molecular flexibility index (Phi) is 8.42. The Morgan fingerprint density at radius 3 is 2.50 bits per heavy atom. The van der Waals surface area contributed by atoms with Crippen LogP contribution in [0.1, 0.15) is 43.7 Å². The minimum atomic E-state index is -4.34. The molecule has 0 amide bonds. The lowest BCUT2D eigenvalue weighted by Gasteiger charge is -2.37. The number of likely N-dealkylation sites (tertiary alicyclic amines) is 1. The molecule has 0 spiro atoms. The Morgan fingerprint density at radius 1 is 1.21 bits per heavy atom. The summed E-state index contributed by atoms with van der Waals surface area (Å²) in [6.45, 7) is 6.32. The summed E-state index contributed by atoms with van der Waals surface area (Å²) in [5, 5.41) is 3.33. The second kappa shape index (κ2) is 10.1. The predicted octanol–water partition coefficient (Wildman–Crippen LogP) is 4.43. The van der Waals surface area contributed by atoms with E-state index in [1.807, 2.05) is 6.92 Å². The number of rotatable bonds is 4. The fourth-order valence-electron chi connectivity index (χ4n) is 3.91. The van der Waals surface area contributed by atoms with Crippen molar-refractivity contribution in [2.75, 3.05) is 39.4 Å². The first-order valence-corrected chi connectivity index (χ1v) is 9.73. The number of benzene rings is 1. The van der Waals surface area contributed by atoms with Crippen LogP contribution in [0.4, 0.5) is 13.2 Å². The monoisotopic (exact) mass is 511 g/mol. The highest BCUT2D eigenvalue weighted by Gasteiger charge is 2.37. The van der Waals surface area contributed by atoms with Gasteiger partial charge in [-0.3, -0.25) is 4.99 Å². The van der Waals surface area contributed by atoms with Gasteiger partial charge in [-0.25, -0.2) is 0 Å². The van der Waals surface area contributed by atoms with Crippen LogP contribution in [0.15, 0.2) is 29.3 Å². The van der Waals surface area contributed by atoms with Gasteiger partial charge >= 0.3 is 6.18 Å². The average Bonchev–Trinajstić information content (AvgIpc) is 3.20. The molecule has 2 aliphatic rings. The topological polar surface area (TPSA) is 36.9 Å². The maximum Gasteiger partial charge on any atom is 0.416 e. The highest BCUT2D eigenvalue weighted by atomic mass is 127. The van der Waals surface area contributed by atoms with E-state index < -0.39 is 17.2 Å². The normalized spacial score (nSPS) is 20.0. The zero-order valence-electron chi connectivity index (χ0n) is 16.2. The average molecular weight is 511 g/mol. The Bertz CT molecular complexity index is 654. The van der Waals surface area contributed by atoms with Gasteiger partial charge in [0.25, 0.3) is 0 Å².